The average Bonchev–Trinajstić information content (AvgIpc) is 2.37. The third kappa shape index (κ3) is 4.97. The van der Waals surface area contributed by atoms with Crippen molar-refractivity contribution in [2.24, 2.45) is 11.3 Å². The number of nitrogens with one attached hydrogen (secondary N) is 1. The second-order valence-corrected chi connectivity index (χ2v) is 6.20. The molecule has 0 aromatic carbocycles. The first kappa shape index (κ1) is 15.5. The smallest absolute Gasteiger partial charge is 0.308 e. The first-order valence-corrected chi connectivity index (χ1v) is 7.38. The van der Waals surface area contributed by atoms with Crippen molar-refractivity contribution in [3.05, 3.63) is 0 Å². The molecule has 0 amide bonds. The van der Waals surface area contributed by atoms with Crippen LogP contribution in [-0.4, -0.2) is 25.2 Å². The summed E-state index contributed by atoms with van der Waals surface area (Å²) in [5, 5.41) is 3.65. The van der Waals surface area contributed by atoms with Crippen LogP contribution in [-0.2, 0) is 9.53 Å². The van der Waals surface area contributed by atoms with Crippen LogP contribution in [0.3, 0.4) is 0 Å². The van der Waals surface area contributed by atoms with Crippen molar-refractivity contribution in [3.8, 4) is 0 Å². The van der Waals surface area contributed by atoms with Crippen molar-refractivity contribution in [1.29, 1.82) is 0 Å². The zero-order chi connectivity index (χ0) is 13.6. The third-order valence-corrected chi connectivity index (χ3v) is 4.17. The third-order valence-electron chi connectivity index (χ3n) is 4.17. The molecule has 1 aliphatic rings. The Morgan fingerprint density at radius 1 is 1.22 bits per heavy atom. The summed E-state index contributed by atoms with van der Waals surface area (Å²) in [6, 6.07) is 0.585. The van der Waals surface area contributed by atoms with E-state index in [2.05, 4.69) is 26.1 Å². The van der Waals surface area contributed by atoms with Crippen molar-refractivity contribution < 1.29 is 9.53 Å². The van der Waals surface area contributed by atoms with Gasteiger partial charge in [0.15, 0.2) is 0 Å². The predicted octanol–water partition coefficient (Wildman–Crippen LogP) is 3.13. The highest BCUT2D eigenvalue weighted by molar-refractivity contribution is 5.72. The molecule has 0 heterocycles. The number of rotatable bonds is 6. The standard InChI is InChI=1S/C15H29NO2/c1-5-15(3,4)11-16-13-9-7-12(8-10-13)14(17)18-6-2/h12-13,16H,5-11H2,1-4H3. The van der Waals surface area contributed by atoms with Gasteiger partial charge >= 0.3 is 5.97 Å². The highest BCUT2D eigenvalue weighted by Gasteiger charge is 2.27. The van der Waals surface area contributed by atoms with Crippen LogP contribution in [0.5, 0.6) is 0 Å². The van der Waals surface area contributed by atoms with Crippen LogP contribution in [0.1, 0.15) is 59.8 Å². The molecule has 0 aliphatic heterocycles. The topological polar surface area (TPSA) is 38.3 Å². The van der Waals surface area contributed by atoms with Gasteiger partial charge in [-0.3, -0.25) is 4.79 Å². The van der Waals surface area contributed by atoms with Crippen molar-refractivity contribution in [2.75, 3.05) is 13.2 Å². The summed E-state index contributed by atoms with van der Waals surface area (Å²) in [4.78, 5) is 11.6. The van der Waals surface area contributed by atoms with Crippen LogP contribution in [0.4, 0.5) is 0 Å². The Hall–Kier alpha value is -0.570. The number of ether oxygens (including phenoxy) is 1. The molecule has 106 valence electrons. The molecule has 0 saturated heterocycles. The van der Waals surface area contributed by atoms with Crippen molar-refractivity contribution in [2.45, 2.75) is 65.8 Å². The molecule has 3 heteroatoms. The van der Waals surface area contributed by atoms with E-state index in [0.29, 0.717) is 18.1 Å². The zero-order valence-corrected chi connectivity index (χ0v) is 12.4. The first-order valence-electron chi connectivity index (χ1n) is 7.38. The summed E-state index contributed by atoms with van der Waals surface area (Å²) < 4.78 is 5.09. The molecule has 1 aliphatic carbocycles. The maximum atomic E-state index is 11.6. The summed E-state index contributed by atoms with van der Waals surface area (Å²) in [5.41, 5.74) is 0.373. The minimum Gasteiger partial charge on any atom is -0.466 e. The van der Waals surface area contributed by atoms with E-state index >= 15 is 0 Å². The summed E-state index contributed by atoms with van der Waals surface area (Å²) in [5.74, 6) is 0.145. The minimum atomic E-state index is 0.00448. The molecule has 1 N–H and O–H groups in total. The Morgan fingerprint density at radius 3 is 2.33 bits per heavy atom. The van der Waals surface area contributed by atoms with Gasteiger partial charge in [-0.25, -0.2) is 0 Å². The molecular formula is C15H29NO2. The van der Waals surface area contributed by atoms with Gasteiger partial charge in [0.25, 0.3) is 0 Å². The van der Waals surface area contributed by atoms with E-state index in [1.807, 2.05) is 6.92 Å². The Kier molecular flexibility index (Phi) is 6.13. The SMILES string of the molecule is CCOC(=O)C1CCC(NCC(C)(C)CC)CC1. The van der Waals surface area contributed by atoms with Gasteiger partial charge in [-0.05, 0) is 44.4 Å². The Bertz CT molecular complexity index is 255. The number of esters is 1. The van der Waals surface area contributed by atoms with Crippen LogP contribution >= 0.6 is 0 Å². The van der Waals surface area contributed by atoms with Gasteiger partial charge < -0.3 is 10.1 Å². The maximum Gasteiger partial charge on any atom is 0.308 e. The molecule has 3 nitrogen and oxygen atoms in total. The molecule has 0 radical (unpaired) electrons. The lowest BCUT2D eigenvalue weighted by atomic mass is 9.84. The highest BCUT2D eigenvalue weighted by atomic mass is 16.5. The van der Waals surface area contributed by atoms with Crippen LogP contribution in [0.25, 0.3) is 0 Å². The van der Waals surface area contributed by atoms with E-state index in [1.165, 1.54) is 6.42 Å². The molecule has 0 spiro atoms. The molecule has 0 bridgehead atoms. The highest BCUT2D eigenvalue weighted by Crippen LogP contribution is 2.26. The predicted molar refractivity (Wildman–Crippen MR) is 74.5 cm³/mol. The van der Waals surface area contributed by atoms with Gasteiger partial charge in [0.1, 0.15) is 0 Å². The quantitative estimate of drug-likeness (QED) is 0.741. The Labute approximate surface area is 112 Å². The molecule has 1 fully saturated rings. The maximum absolute atomic E-state index is 11.6. The van der Waals surface area contributed by atoms with Gasteiger partial charge in [-0.2, -0.15) is 0 Å². The lowest BCUT2D eigenvalue weighted by Gasteiger charge is -2.31. The van der Waals surface area contributed by atoms with Crippen LogP contribution in [0.15, 0.2) is 0 Å². The monoisotopic (exact) mass is 255 g/mol. The average molecular weight is 255 g/mol. The van der Waals surface area contributed by atoms with Gasteiger partial charge in [0.05, 0.1) is 12.5 Å². The minimum absolute atomic E-state index is 0.00448. The molecule has 18 heavy (non-hydrogen) atoms. The normalized spacial score (nSPS) is 24.9. The van der Waals surface area contributed by atoms with Crippen molar-refractivity contribution in [1.82, 2.24) is 5.32 Å². The number of carbonyl (C=O) groups excluding carboxylic acids is 1. The van der Waals surface area contributed by atoms with Gasteiger partial charge in [0.2, 0.25) is 0 Å². The molecule has 0 aromatic rings. The van der Waals surface area contributed by atoms with E-state index < -0.39 is 0 Å². The van der Waals surface area contributed by atoms with Crippen molar-refractivity contribution >= 4 is 5.97 Å². The second kappa shape index (κ2) is 7.13. The van der Waals surface area contributed by atoms with E-state index in [-0.39, 0.29) is 11.9 Å². The first-order chi connectivity index (χ1) is 8.48. The lowest BCUT2D eigenvalue weighted by molar-refractivity contribution is -0.149. The molecule has 0 aromatic heterocycles. The number of hydrogen-bond acceptors (Lipinski definition) is 3. The second-order valence-electron chi connectivity index (χ2n) is 6.20. The summed E-state index contributed by atoms with van der Waals surface area (Å²) in [6.07, 6.45) is 5.34. The number of hydrogen-bond donors (Lipinski definition) is 1. The fraction of sp³-hybridized carbons (Fsp3) is 0.933. The Morgan fingerprint density at radius 2 is 1.83 bits per heavy atom. The molecule has 1 saturated carbocycles. The Balaban J connectivity index is 2.25. The van der Waals surface area contributed by atoms with Crippen LogP contribution in [0.2, 0.25) is 0 Å². The lowest BCUT2D eigenvalue weighted by Crippen LogP contribution is -2.40. The van der Waals surface area contributed by atoms with E-state index in [0.717, 1.165) is 32.2 Å². The van der Waals surface area contributed by atoms with Crippen LogP contribution in [0, 0.1) is 11.3 Å². The summed E-state index contributed by atoms with van der Waals surface area (Å²) >= 11 is 0. The van der Waals surface area contributed by atoms with E-state index in [9.17, 15) is 4.79 Å². The van der Waals surface area contributed by atoms with Crippen molar-refractivity contribution in [3.63, 3.8) is 0 Å². The molecule has 0 atom stereocenters. The van der Waals surface area contributed by atoms with E-state index in [4.69, 9.17) is 4.74 Å². The fourth-order valence-corrected chi connectivity index (χ4v) is 2.34. The van der Waals surface area contributed by atoms with Gasteiger partial charge in [0, 0.05) is 12.6 Å². The van der Waals surface area contributed by atoms with Gasteiger partial charge in [-0.1, -0.05) is 20.8 Å². The van der Waals surface area contributed by atoms with Gasteiger partial charge in [-0.15, -0.1) is 0 Å². The largest absolute Gasteiger partial charge is 0.466 e. The van der Waals surface area contributed by atoms with E-state index in [1.54, 1.807) is 0 Å². The zero-order valence-electron chi connectivity index (χ0n) is 12.4. The number of carbonyl (C=O) groups is 1. The summed E-state index contributed by atoms with van der Waals surface area (Å²) in [6.45, 7) is 10.3. The molecular weight excluding hydrogens is 226 g/mol. The molecule has 1 rings (SSSR count). The van der Waals surface area contributed by atoms with Crippen LogP contribution < -0.4 is 5.32 Å². The fourth-order valence-electron chi connectivity index (χ4n) is 2.34. The molecule has 0 unspecified atom stereocenters. The summed E-state index contributed by atoms with van der Waals surface area (Å²) in [7, 11) is 0.